The van der Waals surface area contributed by atoms with E-state index in [2.05, 4.69) is 41.2 Å². The molecule has 0 saturated heterocycles. The summed E-state index contributed by atoms with van der Waals surface area (Å²) >= 11 is 0. The fourth-order valence-corrected chi connectivity index (χ4v) is 7.97. The normalized spacial score (nSPS) is 15.5. The van der Waals surface area contributed by atoms with Crippen LogP contribution in [0.5, 0.6) is 0 Å². The van der Waals surface area contributed by atoms with E-state index in [1.165, 1.54) is 0 Å². The van der Waals surface area contributed by atoms with Gasteiger partial charge in [-0.05, 0) is 22.2 Å². The highest BCUT2D eigenvalue weighted by molar-refractivity contribution is 6.88. The van der Waals surface area contributed by atoms with E-state index in [1.807, 2.05) is 36.4 Å². The zero-order valence-corrected chi connectivity index (χ0v) is 18.5. The lowest BCUT2D eigenvalue weighted by Crippen LogP contribution is -2.63. The van der Waals surface area contributed by atoms with Gasteiger partial charge in [0.25, 0.3) is 8.32 Å². The predicted molar refractivity (Wildman–Crippen MR) is 110 cm³/mol. The Hall–Kier alpha value is -1.29. The van der Waals surface area contributed by atoms with Crippen molar-refractivity contribution < 1.29 is 18.7 Å². The van der Waals surface area contributed by atoms with Gasteiger partial charge in [-0.1, -0.05) is 95.3 Å². The minimum absolute atomic E-state index is 0.0744. The molecule has 2 rings (SSSR count). The summed E-state index contributed by atoms with van der Waals surface area (Å²) in [7, 11) is -6.89. The summed E-state index contributed by atoms with van der Waals surface area (Å²) in [5.74, 6) is 0. The van der Waals surface area contributed by atoms with Crippen molar-refractivity contribution in [2.45, 2.75) is 46.2 Å². The largest absolute Gasteiger partial charge is 0.558 e. The van der Waals surface area contributed by atoms with Crippen LogP contribution in [0.25, 0.3) is 0 Å². The first kappa shape index (κ1) is 21.0. The molecule has 0 heterocycles. The molecule has 2 N–H and O–H groups in total. The lowest BCUT2D eigenvalue weighted by atomic mass is 9.82. The minimum Gasteiger partial charge on any atom is -0.385 e. The van der Waals surface area contributed by atoms with Crippen molar-refractivity contribution in [2.24, 2.45) is 5.41 Å². The van der Waals surface area contributed by atoms with Crippen LogP contribution in [-0.2, 0) is 9.15 Å². The minimum atomic E-state index is -4.15. The first-order chi connectivity index (χ1) is 11.9. The third kappa shape index (κ3) is 4.00. The molecule has 1 unspecified atom stereocenters. The number of rotatable bonds is 6. The number of hydrogen-bond acceptors (Lipinski definition) is 4. The molecule has 0 aliphatic rings. The van der Waals surface area contributed by atoms with Crippen molar-refractivity contribution in [1.29, 1.82) is 0 Å². The second-order valence-corrected chi connectivity index (χ2v) is 14.4. The second-order valence-electron chi connectivity index (χ2n) is 8.42. The average molecular weight is 391 g/mol. The van der Waals surface area contributed by atoms with E-state index in [1.54, 1.807) is 24.3 Å². The van der Waals surface area contributed by atoms with Gasteiger partial charge in [-0.2, -0.15) is 0 Å². The summed E-state index contributed by atoms with van der Waals surface area (Å²) in [5, 5.41) is 1.17. The standard InChI is InChI=1S/C20H30O4Si2/c1-19(2,3)20(4,5)25(6,17-13-9-7-10-14-17)23-24-26(21,22)18-15-11-8-12-16-18/h7-16,21-22H,1-6H3. The Kier molecular flexibility index (Phi) is 5.97. The van der Waals surface area contributed by atoms with Crippen LogP contribution in [0.4, 0.5) is 0 Å². The average Bonchev–Trinajstić information content (AvgIpc) is 2.60. The third-order valence-corrected chi connectivity index (χ3v) is 12.4. The third-order valence-electron chi connectivity index (χ3n) is 5.87. The van der Waals surface area contributed by atoms with Crippen LogP contribution in [0.1, 0.15) is 34.6 Å². The van der Waals surface area contributed by atoms with Crippen LogP contribution in [0.3, 0.4) is 0 Å². The van der Waals surface area contributed by atoms with Crippen molar-refractivity contribution in [3.63, 3.8) is 0 Å². The maximum Gasteiger partial charge on any atom is 0.558 e. The zero-order valence-electron chi connectivity index (χ0n) is 16.5. The van der Waals surface area contributed by atoms with E-state index in [9.17, 15) is 9.59 Å². The van der Waals surface area contributed by atoms with E-state index < -0.39 is 17.1 Å². The van der Waals surface area contributed by atoms with Crippen LogP contribution in [0.15, 0.2) is 60.7 Å². The van der Waals surface area contributed by atoms with Crippen molar-refractivity contribution in [3.8, 4) is 0 Å². The first-order valence-electron chi connectivity index (χ1n) is 8.84. The quantitative estimate of drug-likeness (QED) is 0.452. The van der Waals surface area contributed by atoms with E-state index in [-0.39, 0.29) is 10.5 Å². The molecule has 142 valence electrons. The summed E-state index contributed by atoms with van der Waals surface area (Å²) in [5.41, 5.74) is -0.0744. The molecule has 0 aromatic heterocycles. The highest BCUT2D eigenvalue weighted by Gasteiger charge is 2.56. The fraction of sp³-hybridized carbons (Fsp3) is 0.400. The molecular formula is C20H30O4Si2. The van der Waals surface area contributed by atoms with Gasteiger partial charge in [-0.25, -0.2) is 4.58 Å². The van der Waals surface area contributed by atoms with E-state index in [0.29, 0.717) is 5.19 Å². The summed E-state index contributed by atoms with van der Waals surface area (Å²) in [6.45, 7) is 12.9. The second kappa shape index (κ2) is 7.38. The Bertz CT molecular complexity index is 712. The number of hydrogen-bond donors (Lipinski definition) is 2. The molecule has 0 amide bonds. The predicted octanol–water partition coefficient (Wildman–Crippen LogP) is 3.07. The van der Waals surface area contributed by atoms with Crippen molar-refractivity contribution in [3.05, 3.63) is 60.7 Å². The fourth-order valence-electron chi connectivity index (χ4n) is 2.83. The van der Waals surface area contributed by atoms with Gasteiger partial charge >= 0.3 is 8.80 Å². The number of benzene rings is 2. The molecule has 1 atom stereocenters. The molecule has 6 heteroatoms. The van der Waals surface area contributed by atoms with Crippen molar-refractivity contribution in [1.82, 2.24) is 0 Å². The first-order valence-corrected chi connectivity index (χ1v) is 13.1. The molecule has 26 heavy (non-hydrogen) atoms. The Morgan fingerprint density at radius 1 is 0.692 bits per heavy atom. The molecular weight excluding hydrogens is 360 g/mol. The highest BCUT2D eigenvalue weighted by atomic mass is 28.4. The van der Waals surface area contributed by atoms with Gasteiger partial charge in [-0.3, -0.25) is 4.58 Å². The van der Waals surface area contributed by atoms with Crippen LogP contribution < -0.4 is 10.4 Å². The molecule has 2 aromatic rings. The highest BCUT2D eigenvalue weighted by Crippen LogP contribution is 2.52. The SMILES string of the molecule is CC(C)(C)C(C)(C)[Si](C)(OO[Si](O)(O)c1ccccc1)c1ccccc1. The molecule has 2 aromatic carbocycles. The lowest BCUT2D eigenvalue weighted by molar-refractivity contribution is -0.161. The topological polar surface area (TPSA) is 58.9 Å². The van der Waals surface area contributed by atoms with Gasteiger partial charge in [0.2, 0.25) is 0 Å². The Morgan fingerprint density at radius 3 is 1.54 bits per heavy atom. The molecule has 0 saturated carbocycles. The van der Waals surface area contributed by atoms with Gasteiger partial charge in [0.15, 0.2) is 0 Å². The summed E-state index contributed by atoms with van der Waals surface area (Å²) in [4.78, 5) is 21.1. The zero-order chi connectivity index (χ0) is 19.6. The van der Waals surface area contributed by atoms with Gasteiger partial charge in [-0.15, -0.1) is 0 Å². The van der Waals surface area contributed by atoms with Crippen LogP contribution in [0.2, 0.25) is 11.6 Å². The van der Waals surface area contributed by atoms with Crippen LogP contribution >= 0.6 is 0 Å². The van der Waals surface area contributed by atoms with Gasteiger partial charge in [0, 0.05) is 5.19 Å². The van der Waals surface area contributed by atoms with Crippen LogP contribution in [0, 0.1) is 5.41 Å². The molecule has 0 radical (unpaired) electrons. The Labute approximate surface area is 158 Å². The maximum atomic E-state index is 10.5. The summed E-state index contributed by atoms with van der Waals surface area (Å²) < 4.78 is 11.5. The molecule has 4 nitrogen and oxygen atoms in total. The maximum absolute atomic E-state index is 10.5. The molecule has 0 bridgehead atoms. The van der Waals surface area contributed by atoms with Crippen molar-refractivity contribution in [2.75, 3.05) is 0 Å². The Balaban J connectivity index is 2.40. The van der Waals surface area contributed by atoms with E-state index in [0.717, 1.165) is 5.19 Å². The molecule has 0 fully saturated rings. The molecule has 0 spiro atoms. The summed E-state index contributed by atoms with van der Waals surface area (Å²) in [6, 6.07) is 18.6. The van der Waals surface area contributed by atoms with E-state index in [4.69, 9.17) is 9.15 Å². The lowest BCUT2D eigenvalue weighted by Gasteiger charge is -2.49. The monoisotopic (exact) mass is 390 g/mol. The van der Waals surface area contributed by atoms with Gasteiger partial charge < -0.3 is 9.59 Å². The smallest absolute Gasteiger partial charge is 0.385 e. The molecule has 0 aliphatic heterocycles. The van der Waals surface area contributed by atoms with Crippen molar-refractivity contribution >= 4 is 27.5 Å². The summed E-state index contributed by atoms with van der Waals surface area (Å²) in [6.07, 6.45) is 0. The van der Waals surface area contributed by atoms with Gasteiger partial charge in [0.05, 0.1) is 0 Å². The van der Waals surface area contributed by atoms with Crippen LogP contribution in [-0.4, -0.2) is 26.7 Å². The Morgan fingerprint density at radius 2 is 1.12 bits per heavy atom. The van der Waals surface area contributed by atoms with E-state index >= 15 is 0 Å². The van der Waals surface area contributed by atoms with Gasteiger partial charge in [0.1, 0.15) is 0 Å². The molecule has 0 aliphatic carbocycles.